The summed E-state index contributed by atoms with van der Waals surface area (Å²) >= 11 is 0. The lowest BCUT2D eigenvalue weighted by Crippen LogP contribution is -2.34. The van der Waals surface area contributed by atoms with E-state index >= 15 is 0 Å². The Labute approximate surface area is 128 Å². The van der Waals surface area contributed by atoms with Gasteiger partial charge < -0.3 is 5.11 Å². The Morgan fingerprint density at radius 2 is 2.00 bits per heavy atom. The van der Waals surface area contributed by atoms with E-state index in [0.717, 1.165) is 32.4 Å². The van der Waals surface area contributed by atoms with Crippen LogP contribution in [-0.4, -0.2) is 29.1 Å². The van der Waals surface area contributed by atoms with Gasteiger partial charge in [-0.3, -0.25) is 9.69 Å². The van der Waals surface area contributed by atoms with Crippen molar-refractivity contribution < 1.29 is 9.90 Å². The first-order valence-corrected chi connectivity index (χ1v) is 8.01. The van der Waals surface area contributed by atoms with Crippen molar-refractivity contribution in [3.63, 3.8) is 0 Å². The van der Waals surface area contributed by atoms with Gasteiger partial charge in [-0.25, -0.2) is 0 Å². The predicted octanol–water partition coefficient (Wildman–Crippen LogP) is 3.89. The van der Waals surface area contributed by atoms with Gasteiger partial charge in [-0.05, 0) is 36.4 Å². The molecule has 2 rings (SSSR count). The molecule has 21 heavy (non-hydrogen) atoms. The Bertz CT molecular complexity index is 480. The summed E-state index contributed by atoms with van der Waals surface area (Å²) in [5.41, 5.74) is 2.11. The van der Waals surface area contributed by atoms with E-state index in [-0.39, 0.29) is 0 Å². The van der Waals surface area contributed by atoms with E-state index in [4.69, 9.17) is 0 Å². The molecule has 1 saturated heterocycles. The van der Waals surface area contributed by atoms with Crippen LogP contribution in [-0.2, 0) is 11.3 Å². The van der Waals surface area contributed by atoms with Crippen LogP contribution in [0.25, 0.3) is 0 Å². The smallest absolute Gasteiger partial charge is 0.310 e. The third-order valence-electron chi connectivity index (χ3n) is 4.67. The minimum Gasteiger partial charge on any atom is -0.481 e. The summed E-state index contributed by atoms with van der Waals surface area (Å²) in [6.07, 6.45) is 2.49. The highest BCUT2D eigenvalue weighted by molar-refractivity contribution is 5.75. The molecule has 116 valence electrons. The lowest BCUT2D eigenvalue weighted by atomic mass is 9.83. The molecule has 1 atom stereocenters. The molecule has 1 N–H and O–H groups in total. The van der Waals surface area contributed by atoms with Gasteiger partial charge in [0.15, 0.2) is 0 Å². The third kappa shape index (κ3) is 3.65. The number of carboxylic acid groups (broad SMARTS) is 1. The van der Waals surface area contributed by atoms with E-state index in [0.29, 0.717) is 12.5 Å². The quantitative estimate of drug-likeness (QED) is 0.863. The molecule has 0 bridgehead atoms. The zero-order valence-corrected chi connectivity index (χ0v) is 13.4. The number of carbonyl (C=O) groups is 1. The molecule has 0 spiro atoms. The molecule has 0 saturated carbocycles. The van der Waals surface area contributed by atoms with E-state index in [2.05, 4.69) is 49.9 Å². The van der Waals surface area contributed by atoms with Crippen molar-refractivity contribution in [2.75, 3.05) is 13.1 Å². The second kappa shape index (κ2) is 6.61. The summed E-state index contributed by atoms with van der Waals surface area (Å²) in [5, 5.41) is 9.55. The highest BCUT2D eigenvalue weighted by Gasteiger charge is 2.43. The molecule has 1 aliphatic rings. The summed E-state index contributed by atoms with van der Waals surface area (Å²) in [5.74, 6) is -0.0722. The van der Waals surface area contributed by atoms with Crippen molar-refractivity contribution >= 4 is 5.97 Å². The third-order valence-corrected chi connectivity index (χ3v) is 4.67. The number of hydrogen-bond acceptors (Lipinski definition) is 2. The van der Waals surface area contributed by atoms with Gasteiger partial charge in [-0.15, -0.1) is 0 Å². The molecule has 1 aromatic carbocycles. The molecule has 1 aliphatic heterocycles. The van der Waals surface area contributed by atoms with Gasteiger partial charge in [0, 0.05) is 13.1 Å². The van der Waals surface area contributed by atoms with Crippen molar-refractivity contribution in [1.29, 1.82) is 0 Å². The SMILES string of the molecule is CCCC1(C(=O)O)CCN(Cc2ccc(C(C)C)cc2)C1. The number of aliphatic carboxylic acids is 1. The maximum Gasteiger partial charge on any atom is 0.310 e. The fourth-order valence-corrected chi connectivity index (χ4v) is 3.32. The monoisotopic (exact) mass is 289 g/mol. The molecule has 1 heterocycles. The molecule has 0 amide bonds. The van der Waals surface area contributed by atoms with Gasteiger partial charge in [0.25, 0.3) is 0 Å². The largest absolute Gasteiger partial charge is 0.481 e. The fraction of sp³-hybridized carbons (Fsp3) is 0.611. The number of hydrogen-bond donors (Lipinski definition) is 1. The van der Waals surface area contributed by atoms with E-state index in [1.54, 1.807) is 0 Å². The highest BCUT2D eigenvalue weighted by Crippen LogP contribution is 2.36. The first-order valence-electron chi connectivity index (χ1n) is 8.01. The second-order valence-electron chi connectivity index (χ2n) is 6.69. The molecule has 1 unspecified atom stereocenters. The lowest BCUT2D eigenvalue weighted by Gasteiger charge is -2.24. The molecule has 1 fully saturated rings. The maximum absolute atomic E-state index is 11.6. The number of rotatable bonds is 6. The van der Waals surface area contributed by atoms with Crippen molar-refractivity contribution in [1.82, 2.24) is 4.90 Å². The van der Waals surface area contributed by atoms with Crippen LogP contribution in [0.5, 0.6) is 0 Å². The molecule has 0 radical (unpaired) electrons. The van der Waals surface area contributed by atoms with Gasteiger partial charge in [-0.2, -0.15) is 0 Å². The van der Waals surface area contributed by atoms with E-state index in [1.165, 1.54) is 11.1 Å². The number of carboxylic acids is 1. The molecule has 1 aromatic rings. The average Bonchev–Trinajstić information content (AvgIpc) is 2.84. The minimum absolute atomic E-state index is 0.521. The zero-order chi connectivity index (χ0) is 15.5. The average molecular weight is 289 g/mol. The Hall–Kier alpha value is -1.35. The summed E-state index contributed by atoms with van der Waals surface area (Å²) in [6.45, 7) is 8.89. The number of benzene rings is 1. The molecule has 0 aliphatic carbocycles. The van der Waals surface area contributed by atoms with E-state index < -0.39 is 11.4 Å². The minimum atomic E-state index is -0.623. The van der Waals surface area contributed by atoms with Gasteiger partial charge in [-0.1, -0.05) is 51.5 Å². The van der Waals surface area contributed by atoms with Crippen LogP contribution in [0.1, 0.15) is 57.1 Å². The van der Waals surface area contributed by atoms with Crippen LogP contribution in [0, 0.1) is 5.41 Å². The molecular weight excluding hydrogens is 262 g/mol. The Morgan fingerprint density at radius 3 is 2.52 bits per heavy atom. The van der Waals surface area contributed by atoms with E-state index in [1.807, 2.05) is 0 Å². The summed E-state index contributed by atoms with van der Waals surface area (Å²) in [6, 6.07) is 8.73. The fourth-order valence-electron chi connectivity index (χ4n) is 3.32. The summed E-state index contributed by atoms with van der Waals surface area (Å²) in [4.78, 5) is 13.9. The Balaban J connectivity index is 2.00. The standard InChI is InChI=1S/C18H27NO2/c1-4-9-18(17(20)21)10-11-19(13-18)12-15-5-7-16(8-6-15)14(2)3/h5-8,14H,4,9-13H2,1-3H3,(H,20,21). The van der Waals surface area contributed by atoms with Gasteiger partial charge >= 0.3 is 5.97 Å². The number of nitrogens with zero attached hydrogens (tertiary/aromatic N) is 1. The van der Waals surface area contributed by atoms with Gasteiger partial charge in [0.1, 0.15) is 0 Å². The molecular formula is C18H27NO2. The number of likely N-dealkylation sites (tertiary alicyclic amines) is 1. The Morgan fingerprint density at radius 1 is 1.33 bits per heavy atom. The van der Waals surface area contributed by atoms with Crippen LogP contribution in [0.4, 0.5) is 0 Å². The first kappa shape index (κ1) is 16.0. The Kier molecular flexibility index (Phi) is 5.04. The van der Waals surface area contributed by atoms with Crippen LogP contribution >= 0.6 is 0 Å². The maximum atomic E-state index is 11.6. The summed E-state index contributed by atoms with van der Waals surface area (Å²) in [7, 11) is 0. The van der Waals surface area contributed by atoms with Crippen molar-refractivity contribution in [2.45, 2.75) is 52.5 Å². The van der Waals surface area contributed by atoms with Crippen LogP contribution in [0.2, 0.25) is 0 Å². The van der Waals surface area contributed by atoms with Crippen molar-refractivity contribution in [3.8, 4) is 0 Å². The van der Waals surface area contributed by atoms with Crippen LogP contribution in [0.15, 0.2) is 24.3 Å². The summed E-state index contributed by atoms with van der Waals surface area (Å²) < 4.78 is 0. The lowest BCUT2D eigenvalue weighted by molar-refractivity contribution is -0.148. The normalized spacial score (nSPS) is 22.9. The molecule has 0 aromatic heterocycles. The van der Waals surface area contributed by atoms with Gasteiger partial charge in [0.05, 0.1) is 5.41 Å². The van der Waals surface area contributed by atoms with Crippen LogP contribution in [0.3, 0.4) is 0 Å². The van der Waals surface area contributed by atoms with Crippen molar-refractivity contribution in [2.24, 2.45) is 5.41 Å². The van der Waals surface area contributed by atoms with E-state index in [9.17, 15) is 9.90 Å². The topological polar surface area (TPSA) is 40.5 Å². The second-order valence-corrected chi connectivity index (χ2v) is 6.69. The predicted molar refractivity (Wildman–Crippen MR) is 85.4 cm³/mol. The highest BCUT2D eigenvalue weighted by atomic mass is 16.4. The molecule has 3 nitrogen and oxygen atoms in total. The molecule has 3 heteroatoms. The zero-order valence-electron chi connectivity index (χ0n) is 13.4. The van der Waals surface area contributed by atoms with Crippen molar-refractivity contribution in [3.05, 3.63) is 35.4 Å². The van der Waals surface area contributed by atoms with Crippen LogP contribution < -0.4 is 0 Å². The van der Waals surface area contributed by atoms with Gasteiger partial charge in [0.2, 0.25) is 0 Å². The first-order chi connectivity index (χ1) is 9.97.